The molecule has 7 heteroatoms. The van der Waals surface area contributed by atoms with E-state index >= 15 is 0 Å². The molecule has 3 atom stereocenters. The molecule has 0 spiro atoms. The maximum atomic E-state index is 9.28. The number of hydrogen-bond acceptors (Lipinski definition) is 7. The van der Waals surface area contributed by atoms with Crippen molar-refractivity contribution in [2.24, 2.45) is 0 Å². The predicted molar refractivity (Wildman–Crippen MR) is 67.8 cm³/mol. The first kappa shape index (κ1) is 18.7. The molecule has 0 rings (SSSR count). The summed E-state index contributed by atoms with van der Waals surface area (Å²) in [6.07, 6.45) is -2.12. The van der Waals surface area contributed by atoms with Gasteiger partial charge in [0.05, 0.1) is 58.5 Å². The van der Waals surface area contributed by atoms with Gasteiger partial charge in [-0.25, -0.2) is 0 Å². The Morgan fingerprint density at radius 3 is 1.68 bits per heavy atom. The van der Waals surface area contributed by atoms with Gasteiger partial charge in [-0.3, -0.25) is 0 Å². The molecule has 3 unspecified atom stereocenters. The first-order chi connectivity index (χ1) is 9.02. The van der Waals surface area contributed by atoms with Crippen LogP contribution in [0, 0.1) is 0 Å². The third-order valence-electron chi connectivity index (χ3n) is 1.89. The van der Waals surface area contributed by atoms with Crippen LogP contribution in [0.3, 0.4) is 0 Å². The van der Waals surface area contributed by atoms with Gasteiger partial charge in [-0.2, -0.15) is 0 Å². The lowest BCUT2D eigenvalue weighted by atomic mass is 10.4. The Bertz CT molecular complexity index is 187. The number of aliphatic hydroxyl groups excluding tert-OH is 3. The lowest BCUT2D eigenvalue weighted by Gasteiger charge is -2.13. The van der Waals surface area contributed by atoms with Crippen molar-refractivity contribution in [1.82, 2.24) is 0 Å². The summed E-state index contributed by atoms with van der Waals surface area (Å²) in [5.41, 5.74) is 0. The monoisotopic (exact) mass is 282 g/mol. The van der Waals surface area contributed by atoms with Crippen molar-refractivity contribution in [3.63, 3.8) is 0 Å². The lowest BCUT2D eigenvalue weighted by molar-refractivity contribution is -0.153. The fourth-order valence-corrected chi connectivity index (χ4v) is 1.07. The zero-order valence-corrected chi connectivity index (χ0v) is 11.7. The first-order valence-electron chi connectivity index (χ1n) is 6.41. The van der Waals surface area contributed by atoms with E-state index in [4.69, 9.17) is 29.2 Å². The Balaban J connectivity index is 3.13. The largest absolute Gasteiger partial charge is 0.391 e. The van der Waals surface area contributed by atoms with Crippen molar-refractivity contribution in [2.75, 3.05) is 46.2 Å². The molecule has 3 N–H and O–H groups in total. The van der Waals surface area contributed by atoms with E-state index in [1.165, 1.54) is 0 Å². The van der Waals surface area contributed by atoms with Crippen molar-refractivity contribution in [2.45, 2.75) is 32.3 Å². The minimum absolute atomic E-state index is 0.0363. The van der Waals surface area contributed by atoms with Crippen LogP contribution < -0.4 is 0 Å². The summed E-state index contributed by atoms with van der Waals surface area (Å²) in [4.78, 5) is 0. The van der Waals surface area contributed by atoms with E-state index in [-0.39, 0.29) is 13.2 Å². The highest BCUT2D eigenvalue weighted by Crippen LogP contribution is 1.92. The van der Waals surface area contributed by atoms with E-state index in [1.807, 2.05) is 0 Å². The van der Waals surface area contributed by atoms with Crippen molar-refractivity contribution < 1.29 is 34.3 Å². The molecule has 0 aromatic rings. The molecule has 0 radical (unpaired) electrons. The minimum atomic E-state index is -1.04. The van der Waals surface area contributed by atoms with E-state index in [1.54, 1.807) is 13.8 Å². The van der Waals surface area contributed by atoms with E-state index in [0.29, 0.717) is 33.0 Å². The quantitative estimate of drug-likeness (QED) is 0.298. The average Bonchev–Trinajstić information content (AvgIpc) is 2.34. The Morgan fingerprint density at radius 2 is 1.16 bits per heavy atom. The van der Waals surface area contributed by atoms with Crippen LogP contribution in [-0.2, 0) is 18.9 Å². The summed E-state index contributed by atoms with van der Waals surface area (Å²) < 4.78 is 20.3. The van der Waals surface area contributed by atoms with Gasteiger partial charge in [0.25, 0.3) is 0 Å². The molecule has 0 aromatic carbocycles. The third-order valence-corrected chi connectivity index (χ3v) is 1.89. The van der Waals surface area contributed by atoms with Crippen molar-refractivity contribution >= 4 is 0 Å². The van der Waals surface area contributed by atoms with Gasteiger partial charge < -0.3 is 34.3 Å². The molecule has 0 bridgehead atoms. The molecule has 19 heavy (non-hydrogen) atoms. The summed E-state index contributed by atoms with van der Waals surface area (Å²) in [5, 5.41) is 27.1. The second kappa shape index (κ2) is 12.7. The maximum absolute atomic E-state index is 9.28. The molecule has 0 aliphatic rings. The molecule has 0 aliphatic carbocycles. The van der Waals surface area contributed by atoms with Crippen LogP contribution in [0.15, 0.2) is 0 Å². The van der Waals surface area contributed by atoms with Crippen LogP contribution in [0.25, 0.3) is 0 Å². The fraction of sp³-hybridized carbons (Fsp3) is 1.00. The van der Waals surface area contributed by atoms with Gasteiger partial charge in [0, 0.05) is 0 Å². The van der Waals surface area contributed by atoms with Crippen LogP contribution in [0.5, 0.6) is 0 Å². The van der Waals surface area contributed by atoms with Crippen LogP contribution >= 0.6 is 0 Å². The zero-order chi connectivity index (χ0) is 14.5. The van der Waals surface area contributed by atoms with Gasteiger partial charge in [-0.15, -0.1) is 0 Å². The standard InChI is InChI=1S/C12H26O7/c1-10(13)7-17-5-3-16-4-6-18-9-12(15)19-8-11(2)14/h10-15H,3-9H2,1-2H3. The molecule has 0 fully saturated rings. The van der Waals surface area contributed by atoms with Crippen LogP contribution in [0.1, 0.15) is 13.8 Å². The van der Waals surface area contributed by atoms with E-state index in [2.05, 4.69) is 0 Å². The molecule has 7 nitrogen and oxygen atoms in total. The van der Waals surface area contributed by atoms with Crippen molar-refractivity contribution in [3.05, 3.63) is 0 Å². The van der Waals surface area contributed by atoms with Gasteiger partial charge in [-0.1, -0.05) is 0 Å². The summed E-state index contributed by atoms with van der Waals surface area (Å²) in [6, 6.07) is 0. The second-order valence-corrected chi connectivity index (χ2v) is 4.25. The van der Waals surface area contributed by atoms with Gasteiger partial charge >= 0.3 is 0 Å². The van der Waals surface area contributed by atoms with Crippen molar-refractivity contribution in [3.8, 4) is 0 Å². The highest BCUT2D eigenvalue weighted by Gasteiger charge is 2.05. The molecule has 0 aromatic heterocycles. The fourth-order valence-electron chi connectivity index (χ4n) is 1.07. The summed E-state index contributed by atoms with van der Waals surface area (Å²) in [7, 11) is 0. The van der Waals surface area contributed by atoms with Gasteiger partial charge in [0.1, 0.15) is 0 Å². The Morgan fingerprint density at radius 1 is 0.684 bits per heavy atom. The lowest BCUT2D eigenvalue weighted by Crippen LogP contribution is -2.24. The van der Waals surface area contributed by atoms with E-state index < -0.39 is 18.5 Å². The summed E-state index contributed by atoms with van der Waals surface area (Å²) in [6.45, 7) is 5.21. The Kier molecular flexibility index (Phi) is 12.6. The van der Waals surface area contributed by atoms with Crippen molar-refractivity contribution in [1.29, 1.82) is 0 Å². The second-order valence-electron chi connectivity index (χ2n) is 4.25. The number of hydrogen-bond donors (Lipinski definition) is 3. The summed E-state index contributed by atoms with van der Waals surface area (Å²) in [5.74, 6) is 0. The van der Waals surface area contributed by atoms with Gasteiger partial charge in [0.2, 0.25) is 0 Å². The van der Waals surface area contributed by atoms with Gasteiger partial charge in [-0.05, 0) is 13.8 Å². The SMILES string of the molecule is CC(O)COCCOCCOCC(O)OCC(C)O. The van der Waals surface area contributed by atoms with Gasteiger partial charge in [0.15, 0.2) is 6.29 Å². The molecular weight excluding hydrogens is 256 g/mol. The Hall–Kier alpha value is -0.280. The van der Waals surface area contributed by atoms with Crippen LogP contribution in [0.4, 0.5) is 0 Å². The molecule has 0 saturated heterocycles. The van der Waals surface area contributed by atoms with E-state index in [9.17, 15) is 5.11 Å². The number of ether oxygens (including phenoxy) is 4. The minimum Gasteiger partial charge on any atom is -0.391 e. The number of rotatable bonds is 13. The molecule has 116 valence electrons. The topological polar surface area (TPSA) is 97.6 Å². The zero-order valence-electron chi connectivity index (χ0n) is 11.7. The molecule has 0 amide bonds. The molecule has 0 saturated carbocycles. The van der Waals surface area contributed by atoms with Crippen LogP contribution in [0.2, 0.25) is 0 Å². The molecule has 0 heterocycles. The number of aliphatic hydroxyl groups is 3. The summed E-state index contributed by atoms with van der Waals surface area (Å²) >= 11 is 0. The normalized spacial score (nSPS) is 16.3. The predicted octanol–water partition coefficient (Wildman–Crippen LogP) is -0.867. The molecule has 0 aliphatic heterocycles. The highest BCUT2D eigenvalue weighted by molar-refractivity contribution is 4.45. The van der Waals surface area contributed by atoms with Crippen LogP contribution in [-0.4, -0.2) is 80.1 Å². The van der Waals surface area contributed by atoms with E-state index in [0.717, 1.165) is 0 Å². The maximum Gasteiger partial charge on any atom is 0.178 e. The average molecular weight is 282 g/mol. The smallest absolute Gasteiger partial charge is 0.178 e. The molecular formula is C12H26O7. The third kappa shape index (κ3) is 15.7. The first-order valence-corrected chi connectivity index (χ1v) is 6.41. The highest BCUT2D eigenvalue weighted by atomic mass is 16.6. The Labute approximate surface area is 114 Å².